The average Bonchev–Trinajstić information content (AvgIpc) is 3.07. The summed E-state index contributed by atoms with van der Waals surface area (Å²) in [6.07, 6.45) is 3.14. The van der Waals surface area contributed by atoms with E-state index >= 15 is 0 Å². The van der Waals surface area contributed by atoms with Crippen LogP contribution in [0.15, 0.2) is 49.8 Å². The van der Waals surface area contributed by atoms with Crippen molar-refractivity contribution in [3.05, 3.63) is 56.7 Å². The molecule has 0 bridgehead atoms. The molecule has 29 heavy (non-hydrogen) atoms. The van der Waals surface area contributed by atoms with Gasteiger partial charge in [0.25, 0.3) is 0 Å². The molecule has 0 spiro atoms. The van der Waals surface area contributed by atoms with Crippen molar-refractivity contribution in [2.24, 2.45) is 0 Å². The fourth-order valence-corrected chi connectivity index (χ4v) is 4.48. The minimum absolute atomic E-state index is 0.151. The van der Waals surface area contributed by atoms with Crippen molar-refractivity contribution in [2.45, 2.75) is 32.7 Å². The maximum absolute atomic E-state index is 11.3. The first-order valence-corrected chi connectivity index (χ1v) is 11.0. The number of unbranched alkanes of at least 4 members (excludes halogenated alkanes) is 1. The lowest BCUT2D eigenvalue weighted by molar-refractivity contribution is -0.142. The lowest BCUT2D eigenvalue weighted by atomic mass is 10.1. The topological polar surface area (TPSA) is 60.7 Å². The molecule has 0 aliphatic carbocycles. The Morgan fingerprint density at radius 2 is 1.90 bits per heavy atom. The number of nitrogens with one attached hydrogen (secondary N) is 1. The quantitative estimate of drug-likeness (QED) is 0.325. The lowest BCUT2D eigenvalue weighted by Gasteiger charge is -2.13. The Balaban J connectivity index is 1.78. The normalized spacial score (nSPS) is 10.9. The van der Waals surface area contributed by atoms with E-state index in [0.29, 0.717) is 12.3 Å². The van der Waals surface area contributed by atoms with Crippen LogP contribution in [0.4, 0.5) is 5.69 Å². The molecular formula is C22H23Br2NO4. The van der Waals surface area contributed by atoms with Crippen LogP contribution in [0.3, 0.4) is 0 Å². The van der Waals surface area contributed by atoms with Gasteiger partial charge in [-0.25, -0.2) is 4.79 Å². The van der Waals surface area contributed by atoms with E-state index in [1.807, 2.05) is 30.3 Å². The molecular weight excluding hydrogens is 502 g/mol. The van der Waals surface area contributed by atoms with Crippen molar-refractivity contribution in [3.8, 4) is 5.75 Å². The minimum Gasteiger partial charge on any atom is -0.480 e. The smallest absolute Gasteiger partial charge is 0.343 e. The highest BCUT2D eigenvalue weighted by Gasteiger charge is 2.15. The number of aryl methyl sites for hydroxylation is 1. The number of furan rings is 1. The first-order valence-electron chi connectivity index (χ1n) is 9.45. The van der Waals surface area contributed by atoms with Gasteiger partial charge in [0.15, 0.2) is 6.61 Å². The molecule has 1 N–H and O–H groups in total. The molecule has 1 aromatic heterocycles. The third-order valence-electron chi connectivity index (χ3n) is 4.57. The Labute approximate surface area is 187 Å². The van der Waals surface area contributed by atoms with Crippen LogP contribution in [-0.2, 0) is 22.5 Å². The monoisotopic (exact) mass is 523 g/mol. The van der Waals surface area contributed by atoms with Crippen molar-refractivity contribution in [2.75, 3.05) is 19.0 Å². The van der Waals surface area contributed by atoms with Crippen molar-refractivity contribution >= 4 is 54.5 Å². The van der Waals surface area contributed by atoms with E-state index in [9.17, 15) is 4.79 Å². The molecule has 0 atom stereocenters. The number of rotatable bonds is 9. The van der Waals surface area contributed by atoms with E-state index in [0.717, 1.165) is 50.6 Å². The van der Waals surface area contributed by atoms with Crippen molar-refractivity contribution in [3.63, 3.8) is 0 Å². The van der Waals surface area contributed by atoms with E-state index in [1.165, 1.54) is 12.7 Å². The molecule has 0 amide bonds. The molecule has 154 valence electrons. The molecule has 0 radical (unpaired) electrons. The van der Waals surface area contributed by atoms with Gasteiger partial charge in [0.1, 0.15) is 17.1 Å². The second-order valence-corrected chi connectivity index (χ2v) is 8.30. The van der Waals surface area contributed by atoms with Gasteiger partial charge >= 0.3 is 5.97 Å². The van der Waals surface area contributed by atoms with Gasteiger partial charge < -0.3 is 19.2 Å². The summed E-state index contributed by atoms with van der Waals surface area (Å²) in [5, 5.41) is 4.61. The third kappa shape index (κ3) is 5.34. The number of hydrogen-bond acceptors (Lipinski definition) is 5. The average molecular weight is 525 g/mol. The number of carbonyl (C=O) groups is 1. The Hall–Kier alpha value is -1.99. The lowest BCUT2D eigenvalue weighted by Crippen LogP contribution is -2.13. The number of benzene rings is 2. The standard InChI is InChI=1S/C22H23Br2NO4/c1-3-4-8-20-16(15-7-5-6-9-19(15)29-20)12-25-14-10-17(23)22(18(24)11-14)28-13-21(26)27-2/h5-7,9-11,25H,3-4,8,12-13H2,1-2H3. The minimum atomic E-state index is -0.433. The summed E-state index contributed by atoms with van der Waals surface area (Å²) in [5.74, 6) is 1.16. The predicted octanol–water partition coefficient (Wildman–Crippen LogP) is 6.46. The van der Waals surface area contributed by atoms with E-state index < -0.39 is 5.97 Å². The predicted molar refractivity (Wildman–Crippen MR) is 122 cm³/mol. The van der Waals surface area contributed by atoms with Crippen LogP contribution in [0.5, 0.6) is 5.75 Å². The van der Waals surface area contributed by atoms with Crippen molar-refractivity contribution < 1.29 is 18.7 Å². The number of para-hydroxylation sites is 1. The van der Waals surface area contributed by atoms with E-state index in [2.05, 4.69) is 54.9 Å². The SMILES string of the molecule is CCCCc1oc2ccccc2c1CNc1cc(Br)c(OCC(=O)OC)c(Br)c1. The highest BCUT2D eigenvalue weighted by molar-refractivity contribution is 9.11. The maximum atomic E-state index is 11.3. The summed E-state index contributed by atoms with van der Waals surface area (Å²) in [6.45, 7) is 2.68. The molecule has 3 rings (SSSR count). The fourth-order valence-electron chi connectivity index (χ4n) is 3.06. The van der Waals surface area contributed by atoms with Crippen LogP contribution in [0, 0.1) is 0 Å². The Morgan fingerprint density at radius 3 is 2.59 bits per heavy atom. The zero-order valence-electron chi connectivity index (χ0n) is 16.4. The summed E-state index contributed by atoms with van der Waals surface area (Å²) < 4.78 is 17.7. The highest BCUT2D eigenvalue weighted by Crippen LogP contribution is 2.37. The van der Waals surface area contributed by atoms with Gasteiger partial charge in [-0.3, -0.25) is 0 Å². The van der Waals surface area contributed by atoms with Gasteiger partial charge in [0.05, 0.1) is 16.1 Å². The molecule has 7 heteroatoms. The summed E-state index contributed by atoms with van der Waals surface area (Å²) in [4.78, 5) is 11.3. The molecule has 3 aromatic rings. The van der Waals surface area contributed by atoms with Crippen LogP contribution < -0.4 is 10.1 Å². The number of carbonyl (C=O) groups excluding carboxylic acids is 1. The molecule has 5 nitrogen and oxygen atoms in total. The molecule has 0 fully saturated rings. The van der Waals surface area contributed by atoms with Gasteiger partial charge in [0.2, 0.25) is 0 Å². The van der Waals surface area contributed by atoms with Gasteiger partial charge in [-0.2, -0.15) is 0 Å². The largest absolute Gasteiger partial charge is 0.480 e. The number of anilines is 1. The molecule has 0 unspecified atom stereocenters. The zero-order chi connectivity index (χ0) is 20.8. The summed E-state index contributed by atoms with van der Waals surface area (Å²) in [7, 11) is 1.33. The van der Waals surface area contributed by atoms with Crippen LogP contribution in [0.25, 0.3) is 11.0 Å². The van der Waals surface area contributed by atoms with Gasteiger partial charge in [-0.1, -0.05) is 31.5 Å². The summed E-state index contributed by atoms with van der Waals surface area (Å²) in [6, 6.07) is 12.0. The first-order chi connectivity index (χ1) is 14.0. The highest BCUT2D eigenvalue weighted by atomic mass is 79.9. The zero-order valence-corrected chi connectivity index (χ0v) is 19.6. The van der Waals surface area contributed by atoms with E-state index in [4.69, 9.17) is 9.15 Å². The number of fused-ring (bicyclic) bond motifs is 1. The van der Waals surface area contributed by atoms with Crippen LogP contribution in [-0.4, -0.2) is 19.7 Å². The Kier molecular flexibility index (Phi) is 7.61. The first kappa shape index (κ1) is 21.7. The fraction of sp³-hybridized carbons (Fsp3) is 0.318. The summed E-state index contributed by atoms with van der Waals surface area (Å²) in [5.41, 5.74) is 3.03. The van der Waals surface area contributed by atoms with Crippen LogP contribution >= 0.6 is 31.9 Å². The van der Waals surface area contributed by atoms with Gasteiger partial charge in [-0.15, -0.1) is 0 Å². The number of esters is 1. The molecule has 0 saturated heterocycles. The molecule has 1 heterocycles. The number of methoxy groups -OCH3 is 1. The Bertz CT molecular complexity index is 977. The summed E-state index contributed by atoms with van der Waals surface area (Å²) >= 11 is 7.02. The number of hydrogen-bond donors (Lipinski definition) is 1. The molecule has 0 aliphatic heterocycles. The molecule has 0 saturated carbocycles. The van der Waals surface area contributed by atoms with Gasteiger partial charge in [-0.05, 0) is 56.5 Å². The number of halogens is 2. The van der Waals surface area contributed by atoms with E-state index in [1.54, 1.807) is 0 Å². The van der Waals surface area contributed by atoms with Gasteiger partial charge in [0, 0.05) is 29.6 Å². The molecule has 2 aromatic carbocycles. The second-order valence-electron chi connectivity index (χ2n) is 6.59. The van der Waals surface area contributed by atoms with Crippen molar-refractivity contribution in [1.82, 2.24) is 0 Å². The molecule has 0 aliphatic rings. The number of ether oxygens (including phenoxy) is 2. The second kappa shape index (κ2) is 10.2. The third-order valence-corrected chi connectivity index (χ3v) is 5.75. The van der Waals surface area contributed by atoms with Crippen molar-refractivity contribution in [1.29, 1.82) is 0 Å². The van der Waals surface area contributed by atoms with Crippen LogP contribution in [0.2, 0.25) is 0 Å². The Morgan fingerprint density at radius 1 is 1.17 bits per heavy atom. The maximum Gasteiger partial charge on any atom is 0.343 e. The van der Waals surface area contributed by atoms with E-state index in [-0.39, 0.29) is 6.61 Å². The van der Waals surface area contributed by atoms with Crippen LogP contribution in [0.1, 0.15) is 31.1 Å².